The number of carboxylic acid groups (broad SMARTS) is 1. The average molecular weight is 713 g/mol. The summed E-state index contributed by atoms with van der Waals surface area (Å²) in [6, 6.07) is 4.55. The van der Waals surface area contributed by atoms with Crippen molar-refractivity contribution in [2.45, 2.75) is 79.6 Å². The van der Waals surface area contributed by atoms with Crippen molar-refractivity contribution in [3.63, 3.8) is 0 Å². The third-order valence-corrected chi connectivity index (χ3v) is 8.04. The monoisotopic (exact) mass is 712 g/mol. The van der Waals surface area contributed by atoms with Crippen LogP contribution in [0.4, 0.5) is 5.69 Å². The second-order valence-electron chi connectivity index (χ2n) is 11.8. The molecule has 0 saturated carbocycles. The van der Waals surface area contributed by atoms with Crippen LogP contribution in [0, 0.1) is 13.8 Å². The van der Waals surface area contributed by atoms with Gasteiger partial charge in [-0.1, -0.05) is 13.8 Å². The summed E-state index contributed by atoms with van der Waals surface area (Å²) in [5.74, 6) is -5.78. The first-order valence-corrected chi connectivity index (χ1v) is 16.5. The smallest absolute Gasteiger partial charge is 0.347 e. The Balaban J connectivity index is 1.59. The lowest BCUT2D eigenvalue weighted by molar-refractivity contribution is -0.181. The number of fused-ring (bicyclic) bond motifs is 1. The van der Waals surface area contributed by atoms with Crippen LogP contribution in [-0.2, 0) is 43.0 Å². The molecule has 0 spiro atoms. The van der Waals surface area contributed by atoms with Crippen LogP contribution in [-0.4, -0.2) is 101 Å². The van der Waals surface area contributed by atoms with E-state index in [1.165, 1.54) is 19.1 Å². The van der Waals surface area contributed by atoms with E-state index in [-0.39, 0.29) is 23.1 Å². The number of rotatable bonds is 17. The van der Waals surface area contributed by atoms with Crippen molar-refractivity contribution < 1.29 is 57.6 Å². The van der Waals surface area contributed by atoms with Crippen LogP contribution >= 0.6 is 0 Å². The third kappa shape index (κ3) is 10.7. The molecular formula is C35H44N4O12. The largest absolute Gasteiger partial charge is 0.479 e. The summed E-state index contributed by atoms with van der Waals surface area (Å²) >= 11 is 0. The molecule has 276 valence electrons. The topological polar surface area (TPSA) is 220 Å². The van der Waals surface area contributed by atoms with Gasteiger partial charge in [0, 0.05) is 35.7 Å². The summed E-state index contributed by atoms with van der Waals surface area (Å²) < 4.78 is 19.9. The van der Waals surface area contributed by atoms with Crippen molar-refractivity contribution in [1.82, 2.24) is 15.2 Å². The number of anilines is 1. The molecule has 1 aliphatic rings. The van der Waals surface area contributed by atoms with Crippen LogP contribution in [0.15, 0.2) is 18.2 Å². The molecule has 3 atom stereocenters. The molecule has 1 aliphatic heterocycles. The molecule has 0 unspecified atom stereocenters. The Morgan fingerprint density at radius 2 is 1.51 bits per heavy atom. The fourth-order valence-corrected chi connectivity index (χ4v) is 5.06. The number of likely N-dealkylation sites (N-methyl/N-ethyl adjacent to an activating group) is 1. The van der Waals surface area contributed by atoms with E-state index >= 15 is 0 Å². The maximum absolute atomic E-state index is 13.0. The van der Waals surface area contributed by atoms with Gasteiger partial charge in [-0.3, -0.25) is 19.2 Å². The second-order valence-corrected chi connectivity index (χ2v) is 11.8. The number of nitrogens with one attached hydrogen (secondary N) is 3. The number of nitrogens with zero attached hydrogens (tertiary/aromatic N) is 1. The van der Waals surface area contributed by atoms with E-state index in [1.807, 2.05) is 0 Å². The van der Waals surface area contributed by atoms with E-state index in [0.717, 1.165) is 33.5 Å². The van der Waals surface area contributed by atoms with Gasteiger partial charge in [0.1, 0.15) is 5.75 Å². The van der Waals surface area contributed by atoms with Crippen LogP contribution in [0.2, 0.25) is 0 Å². The second kappa shape index (κ2) is 17.9. The van der Waals surface area contributed by atoms with Crippen molar-refractivity contribution in [2.75, 3.05) is 31.5 Å². The first kappa shape index (κ1) is 39.9. The quantitative estimate of drug-likeness (QED) is 0.0803. The molecule has 2 heterocycles. The number of aliphatic carboxylic acids is 1. The number of carbonyl (C=O) groups is 7. The molecule has 16 heteroatoms. The van der Waals surface area contributed by atoms with Gasteiger partial charge < -0.3 is 44.6 Å². The minimum Gasteiger partial charge on any atom is -0.479 e. The van der Waals surface area contributed by atoms with Gasteiger partial charge in [-0.25, -0.2) is 14.4 Å². The average Bonchev–Trinajstić information content (AvgIpc) is 3.54. The number of aromatic amines is 1. The highest BCUT2D eigenvalue weighted by Crippen LogP contribution is 2.36. The zero-order valence-electron chi connectivity index (χ0n) is 29.7. The number of H-pyrrole nitrogens is 1. The van der Waals surface area contributed by atoms with Gasteiger partial charge in [-0.2, -0.15) is 0 Å². The summed E-state index contributed by atoms with van der Waals surface area (Å²) in [5.41, 5.74) is 3.61. The van der Waals surface area contributed by atoms with Gasteiger partial charge in [0.2, 0.25) is 0 Å². The summed E-state index contributed by atoms with van der Waals surface area (Å²) in [5, 5.41) is 14.5. The number of benzene rings is 1. The molecule has 0 saturated heterocycles. The lowest BCUT2D eigenvalue weighted by Crippen LogP contribution is -2.35. The first-order chi connectivity index (χ1) is 24.1. The number of hydrogen-bond donors (Lipinski definition) is 4. The molecule has 51 heavy (non-hydrogen) atoms. The Morgan fingerprint density at radius 3 is 2.14 bits per heavy atom. The van der Waals surface area contributed by atoms with Crippen molar-refractivity contribution in [1.29, 1.82) is 0 Å². The molecular weight excluding hydrogens is 668 g/mol. The van der Waals surface area contributed by atoms with Crippen LogP contribution in [0.1, 0.15) is 80.3 Å². The molecule has 2 aromatic rings. The van der Waals surface area contributed by atoms with E-state index in [9.17, 15) is 33.6 Å². The lowest BCUT2D eigenvalue weighted by Gasteiger charge is -2.18. The van der Waals surface area contributed by atoms with Gasteiger partial charge in [0.25, 0.3) is 11.8 Å². The van der Waals surface area contributed by atoms with E-state index in [1.54, 1.807) is 26.0 Å². The number of hydrogen-bond acceptors (Lipinski definition) is 12. The Bertz CT molecular complexity index is 1710. The zero-order valence-corrected chi connectivity index (χ0v) is 29.7. The van der Waals surface area contributed by atoms with Crippen molar-refractivity contribution in [3.8, 4) is 5.75 Å². The van der Waals surface area contributed by atoms with E-state index < -0.39 is 61.0 Å². The minimum absolute atomic E-state index is 0.109. The number of aryl methyl sites for hydroxylation is 1. The molecule has 4 N–H and O–H groups in total. The third-order valence-electron chi connectivity index (χ3n) is 8.04. The summed E-state index contributed by atoms with van der Waals surface area (Å²) in [4.78, 5) is 91.1. The fraction of sp³-hybridized carbons (Fsp3) is 0.457. The zero-order chi connectivity index (χ0) is 38.0. The normalized spacial score (nSPS) is 14.6. The summed E-state index contributed by atoms with van der Waals surface area (Å²) in [6.07, 6.45) is -3.59. The minimum atomic E-state index is -1.46. The molecule has 1 aromatic heterocycles. The maximum Gasteiger partial charge on any atom is 0.347 e. The molecule has 3 rings (SSSR count). The molecule has 0 radical (unpaired) electrons. The van der Waals surface area contributed by atoms with Gasteiger partial charge in [-0.15, -0.1) is 0 Å². The fourth-order valence-electron chi connectivity index (χ4n) is 5.06. The molecule has 2 amide bonds. The molecule has 0 aliphatic carbocycles. The highest BCUT2D eigenvalue weighted by molar-refractivity contribution is 6.35. The molecule has 0 bridgehead atoms. The van der Waals surface area contributed by atoms with Crippen LogP contribution in [0.5, 0.6) is 5.75 Å². The van der Waals surface area contributed by atoms with Crippen LogP contribution in [0.25, 0.3) is 11.6 Å². The lowest BCUT2D eigenvalue weighted by atomic mass is 10.0. The van der Waals surface area contributed by atoms with Gasteiger partial charge in [0.15, 0.2) is 18.3 Å². The first-order valence-electron chi connectivity index (χ1n) is 16.5. The number of aromatic nitrogens is 1. The number of ether oxygens (including phenoxy) is 4. The predicted molar refractivity (Wildman–Crippen MR) is 182 cm³/mol. The van der Waals surface area contributed by atoms with Crippen molar-refractivity contribution >= 4 is 59.0 Å². The van der Waals surface area contributed by atoms with Gasteiger partial charge in [-0.05, 0) is 77.5 Å². The number of carbonyl (C=O) groups excluding carboxylic acids is 6. The van der Waals surface area contributed by atoms with Gasteiger partial charge >= 0.3 is 29.8 Å². The van der Waals surface area contributed by atoms with E-state index in [4.69, 9.17) is 19.3 Å². The Morgan fingerprint density at radius 1 is 0.902 bits per heavy atom. The summed E-state index contributed by atoms with van der Waals surface area (Å²) in [6.45, 7) is 14.2. The van der Waals surface area contributed by atoms with Gasteiger partial charge in [0.05, 0.1) is 24.0 Å². The number of carboxylic acids is 1. The number of amides is 2. The van der Waals surface area contributed by atoms with Crippen LogP contribution < -0.4 is 15.4 Å². The highest BCUT2D eigenvalue weighted by atomic mass is 16.6. The van der Waals surface area contributed by atoms with Crippen LogP contribution in [0.3, 0.4) is 0 Å². The van der Waals surface area contributed by atoms with E-state index in [0.29, 0.717) is 40.3 Å². The Hall–Kier alpha value is -5.51. The molecule has 0 fully saturated rings. The van der Waals surface area contributed by atoms with Crippen molar-refractivity contribution in [2.24, 2.45) is 0 Å². The molecule has 1 aromatic carbocycles. The highest BCUT2D eigenvalue weighted by Gasteiger charge is 2.29. The maximum atomic E-state index is 13.0. The molecule has 16 nitrogen and oxygen atoms in total. The predicted octanol–water partition coefficient (Wildman–Crippen LogP) is 2.76. The SMILES string of the molecule is CCN(CC)CCNC(=O)c1c(C)[nH]c(/C=C2\C(=O)Nc3ccc(OC(=O)CCC(=O)O[C@@H](C)C(=O)O[C@@H](C)C(=O)O[C@@H](C)C(=O)O)cc32)c1C. The van der Waals surface area contributed by atoms with Crippen molar-refractivity contribution in [3.05, 3.63) is 46.3 Å². The Kier molecular flexibility index (Phi) is 14.0. The summed E-state index contributed by atoms with van der Waals surface area (Å²) in [7, 11) is 0. The standard InChI is InChI=1S/C35H44N4O12/c1-8-39(9-2)15-14-36-32(43)30-18(3)27(37-19(30)4)17-25-24-16-23(10-11-26(24)38-31(25)42)51-29(41)13-12-28(40)48-21(6)34(46)50-22(7)35(47)49-20(5)33(44)45/h10-11,16-17,20-22,37H,8-9,12-15H2,1-7H3,(H,36,43)(H,38,42)(H,44,45)/b25-17-/t20-,21-,22-/m0/s1. The van der Waals surface area contributed by atoms with E-state index in [2.05, 4.69) is 39.1 Å². The number of esters is 4. The Labute approximate surface area is 294 Å².